The molecule has 1 atom stereocenters. The van der Waals surface area contributed by atoms with Crippen molar-refractivity contribution in [3.8, 4) is 11.5 Å². The van der Waals surface area contributed by atoms with Gasteiger partial charge in [0.1, 0.15) is 11.5 Å². The fourth-order valence-electron chi connectivity index (χ4n) is 4.99. The maximum absolute atomic E-state index is 15.1. The summed E-state index contributed by atoms with van der Waals surface area (Å²) < 4.78 is 19.2. The van der Waals surface area contributed by atoms with E-state index in [-0.39, 0.29) is 17.5 Å². The van der Waals surface area contributed by atoms with Gasteiger partial charge in [-0.15, -0.1) is 0 Å². The number of hydrogen-bond donors (Lipinski definition) is 1. The molecule has 2 aliphatic rings. The van der Waals surface area contributed by atoms with Crippen LogP contribution in [0.5, 0.6) is 0 Å². The minimum Gasteiger partial charge on any atom is -0.337 e. The second-order valence-electron chi connectivity index (χ2n) is 9.47. The summed E-state index contributed by atoms with van der Waals surface area (Å²) in [7, 11) is 1.89. The average molecular weight is 447 g/mol. The van der Waals surface area contributed by atoms with Crippen LogP contribution in [-0.2, 0) is 13.6 Å². The Kier molecular flexibility index (Phi) is 4.72. The zero-order valence-electron chi connectivity index (χ0n) is 18.7. The van der Waals surface area contributed by atoms with Gasteiger partial charge in [-0.25, -0.2) is 14.4 Å². The number of hydrogen-bond acceptors (Lipinski definition) is 4. The van der Waals surface area contributed by atoms with Gasteiger partial charge in [-0.05, 0) is 55.9 Å². The van der Waals surface area contributed by atoms with Crippen LogP contribution in [0.3, 0.4) is 0 Å². The number of aromatic nitrogens is 4. The average Bonchev–Trinajstić information content (AvgIpc) is 3.49. The molecule has 170 valence electrons. The minimum absolute atomic E-state index is 0.0569. The maximum Gasteiger partial charge on any atom is 0.256 e. The maximum atomic E-state index is 15.1. The van der Waals surface area contributed by atoms with E-state index in [9.17, 15) is 4.79 Å². The quantitative estimate of drug-likeness (QED) is 0.518. The van der Waals surface area contributed by atoms with Crippen LogP contribution < -0.4 is 5.73 Å². The molecule has 4 aromatic rings. The van der Waals surface area contributed by atoms with Crippen molar-refractivity contribution < 1.29 is 9.18 Å². The van der Waals surface area contributed by atoms with E-state index in [4.69, 9.17) is 10.7 Å². The summed E-state index contributed by atoms with van der Waals surface area (Å²) in [6.45, 7) is 1.95. The van der Waals surface area contributed by atoms with Crippen molar-refractivity contribution in [2.75, 3.05) is 13.1 Å². The fourth-order valence-corrected chi connectivity index (χ4v) is 4.99. The highest BCUT2D eigenvalue weighted by atomic mass is 19.1. The van der Waals surface area contributed by atoms with Crippen molar-refractivity contribution >= 4 is 28.0 Å². The van der Waals surface area contributed by atoms with E-state index in [1.54, 1.807) is 11.0 Å². The Morgan fingerprint density at radius 2 is 2.09 bits per heavy atom. The smallest absolute Gasteiger partial charge is 0.256 e. The number of piperidine rings is 1. The number of amides is 1. The van der Waals surface area contributed by atoms with Crippen molar-refractivity contribution in [2.24, 2.45) is 18.7 Å². The molecule has 4 heterocycles. The molecule has 1 aromatic carbocycles. The van der Waals surface area contributed by atoms with E-state index < -0.39 is 5.82 Å². The van der Waals surface area contributed by atoms with Gasteiger partial charge in [0.2, 0.25) is 0 Å². The summed E-state index contributed by atoms with van der Waals surface area (Å²) in [5.41, 5.74) is 9.25. The zero-order chi connectivity index (χ0) is 22.7. The highest BCUT2D eigenvalue weighted by Crippen LogP contribution is 2.36. The number of rotatable bonds is 4. The molecule has 1 aliphatic heterocycles. The van der Waals surface area contributed by atoms with E-state index >= 15 is 4.39 Å². The Balaban J connectivity index is 1.45. The van der Waals surface area contributed by atoms with Gasteiger partial charge in [0.05, 0.1) is 22.3 Å². The molecule has 0 radical (unpaired) electrons. The molecule has 33 heavy (non-hydrogen) atoms. The molecule has 7 nitrogen and oxygen atoms in total. The van der Waals surface area contributed by atoms with Gasteiger partial charge < -0.3 is 19.8 Å². The molecule has 1 saturated carbocycles. The van der Waals surface area contributed by atoms with Crippen molar-refractivity contribution in [1.82, 2.24) is 24.0 Å². The Bertz CT molecular complexity index is 1380. The normalized spacial score (nSPS) is 19.0. The highest BCUT2D eigenvalue weighted by molar-refractivity contribution is 5.98. The van der Waals surface area contributed by atoms with Gasteiger partial charge in [-0.2, -0.15) is 0 Å². The van der Waals surface area contributed by atoms with Gasteiger partial charge in [0, 0.05) is 50.4 Å². The Morgan fingerprint density at radius 1 is 1.24 bits per heavy atom. The predicted molar refractivity (Wildman–Crippen MR) is 125 cm³/mol. The summed E-state index contributed by atoms with van der Waals surface area (Å²) in [5.74, 6) is 0.562. The number of carbonyl (C=O) groups excluding carboxylic acids is 1. The van der Waals surface area contributed by atoms with Crippen LogP contribution in [0.15, 0.2) is 36.5 Å². The molecule has 6 rings (SSSR count). The van der Waals surface area contributed by atoms with Crippen LogP contribution in [0.1, 0.15) is 36.0 Å². The molecule has 8 heteroatoms. The van der Waals surface area contributed by atoms with Crippen LogP contribution >= 0.6 is 0 Å². The first kappa shape index (κ1) is 20.4. The molecule has 0 spiro atoms. The van der Waals surface area contributed by atoms with E-state index in [1.165, 1.54) is 18.9 Å². The molecule has 1 aliphatic carbocycles. The molecule has 1 unspecified atom stereocenters. The molecule has 1 amide bonds. The zero-order valence-corrected chi connectivity index (χ0v) is 18.7. The second kappa shape index (κ2) is 7.66. The second-order valence-corrected chi connectivity index (χ2v) is 9.47. The largest absolute Gasteiger partial charge is 0.337 e. The number of benzene rings is 1. The Hall–Kier alpha value is -3.26. The van der Waals surface area contributed by atoms with Crippen molar-refractivity contribution in [2.45, 2.75) is 38.3 Å². The summed E-state index contributed by atoms with van der Waals surface area (Å²) in [6, 6.07) is 9.04. The topological polar surface area (TPSA) is 82.0 Å². The van der Waals surface area contributed by atoms with Crippen molar-refractivity contribution in [3.63, 3.8) is 0 Å². The number of imidazole rings is 1. The summed E-state index contributed by atoms with van der Waals surface area (Å²) in [4.78, 5) is 24.2. The Labute approximate surface area is 191 Å². The van der Waals surface area contributed by atoms with Gasteiger partial charge in [-0.3, -0.25) is 4.79 Å². The third kappa shape index (κ3) is 3.49. The van der Waals surface area contributed by atoms with Crippen LogP contribution in [0, 0.1) is 11.7 Å². The summed E-state index contributed by atoms with van der Waals surface area (Å²) >= 11 is 0. The first-order valence-corrected chi connectivity index (χ1v) is 11.6. The Morgan fingerprint density at radius 3 is 2.88 bits per heavy atom. The monoisotopic (exact) mass is 446 g/mol. The number of pyridine rings is 1. The SMILES string of the molecule is Cn1c(-c2cc3cccnc3n2CC2CC2)nc2cc(C(=O)N3CCCC(N)C3)c(F)cc21. The highest BCUT2D eigenvalue weighted by Gasteiger charge is 2.28. The number of halogens is 1. The van der Waals surface area contributed by atoms with E-state index in [0.717, 1.165) is 41.9 Å². The minimum atomic E-state index is -0.526. The number of fused-ring (bicyclic) bond motifs is 2. The molecular formula is C25H27FN6O. The number of nitrogens with zero attached hydrogens (tertiary/aromatic N) is 5. The first-order valence-electron chi connectivity index (χ1n) is 11.6. The van der Waals surface area contributed by atoms with Crippen LogP contribution in [-0.4, -0.2) is 49.0 Å². The number of carbonyl (C=O) groups is 1. The van der Waals surface area contributed by atoms with Gasteiger partial charge in [0.25, 0.3) is 5.91 Å². The third-order valence-electron chi connectivity index (χ3n) is 6.97. The lowest BCUT2D eigenvalue weighted by molar-refractivity contribution is 0.0704. The number of likely N-dealkylation sites (tertiary alicyclic amines) is 1. The van der Waals surface area contributed by atoms with Crippen LogP contribution in [0.2, 0.25) is 0 Å². The lowest BCUT2D eigenvalue weighted by atomic mass is 10.0. The van der Waals surface area contributed by atoms with Crippen molar-refractivity contribution in [3.05, 3.63) is 47.9 Å². The molecular weight excluding hydrogens is 419 g/mol. The fraction of sp³-hybridized carbons (Fsp3) is 0.400. The van der Waals surface area contributed by atoms with Gasteiger partial charge in [-0.1, -0.05) is 0 Å². The molecule has 1 saturated heterocycles. The lowest BCUT2D eigenvalue weighted by Crippen LogP contribution is -2.45. The standard InChI is InChI=1S/C25H27FN6O/c1-30-21-12-19(26)18(25(33)31-9-3-5-17(27)14-31)11-20(21)29-24(30)22-10-16-4-2-8-28-23(16)32(22)13-15-6-7-15/h2,4,8,10-12,15,17H,3,5-7,9,13-14,27H2,1H3. The van der Waals surface area contributed by atoms with Crippen LogP contribution in [0.4, 0.5) is 4.39 Å². The molecule has 2 N–H and O–H groups in total. The summed E-state index contributed by atoms with van der Waals surface area (Å²) in [5, 5.41) is 1.06. The first-order chi connectivity index (χ1) is 16.0. The molecule has 0 bridgehead atoms. The molecule has 3 aromatic heterocycles. The van der Waals surface area contributed by atoms with E-state index in [1.807, 2.05) is 23.9 Å². The number of nitrogens with two attached hydrogens (primary N) is 1. The van der Waals surface area contributed by atoms with Crippen molar-refractivity contribution in [1.29, 1.82) is 0 Å². The molecule has 2 fully saturated rings. The van der Waals surface area contributed by atoms with E-state index in [2.05, 4.69) is 21.7 Å². The van der Waals surface area contributed by atoms with Gasteiger partial charge >= 0.3 is 0 Å². The van der Waals surface area contributed by atoms with Gasteiger partial charge in [0.15, 0.2) is 5.82 Å². The van der Waals surface area contributed by atoms with Crippen LogP contribution in [0.25, 0.3) is 33.6 Å². The van der Waals surface area contributed by atoms with E-state index in [0.29, 0.717) is 30.0 Å². The lowest BCUT2D eigenvalue weighted by Gasteiger charge is -2.30. The summed E-state index contributed by atoms with van der Waals surface area (Å²) in [6.07, 6.45) is 5.99. The third-order valence-corrected chi connectivity index (χ3v) is 6.97. The number of aryl methyl sites for hydroxylation is 1. The predicted octanol–water partition coefficient (Wildman–Crippen LogP) is 3.70.